The predicted molar refractivity (Wildman–Crippen MR) is 58.7 cm³/mol. The molecule has 0 atom stereocenters. The van der Waals surface area contributed by atoms with Gasteiger partial charge in [-0.2, -0.15) is 0 Å². The topological polar surface area (TPSA) is 52.0 Å². The molecule has 0 aliphatic heterocycles. The Morgan fingerprint density at radius 1 is 1.40 bits per heavy atom. The summed E-state index contributed by atoms with van der Waals surface area (Å²) in [5.74, 6) is 1.49. The van der Waals surface area contributed by atoms with Gasteiger partial charge in [0, 0.05) is 5.92 Å². The van der Waals surface area contributed by atoms with E-state index in [1.54, 1.807) is 0 Å². The Bertz CT molecular complexity index is 485. The van der Waals surface area contributed by atoms with Gasteiger partial charge in [0.25, 0.3) is 0 Å². The molecule has 1 aromatic heterocycles. The fraction of sp³-hybridized carbons (Fsp3) is 0.417. The first-order chi connectivity index (χ1) is 7.36. The van der Waals surface area contributed by atoms with E-state index in [4.69, 9.17) is 10.2 Å². The van der Waals surface area contributed by atoms with Crippen LogP contribution in [0.25, 0.3) is 11.1 Å². The molecule has 1 fully saturated rings. The molecular formula is C12H14N2O. The van der Waals surface area contributed by atoms with Crippen molar-refractivity contribution >= 4 is 11.1 Å². The number of hydrogen-bond acceptors (Lipinski definition) is 3. The molecule has 1 aliphatic carbocycles. The Labute approximate surface area is 88.3 Å². The second-order valence-corrected chi connectivity index (χ2v) is 4.17. The van der Waals surface area contributed by atoms with E-state index in [9.17, 15) is 0 Å². The summed E-state index contributed by atoms with van der Waals surface area (Å²) in [6, 6.07) is 6.15. The first-order valence-electron chi connectivity index (χ1n) is 5.46. The zero-order valence-electron chi connectivity index (χ0n) is 8.57. The number of nitrogens with two attached hydrogens (primary N) is 1. The molecule has 1 aromatic carbocycles. The highest BCUT2D eigenvalue weighted by atomic mass is 16.3. The minimum absolute atomic E-state index is 0.579. The Kier molecular flexibility index (Phi) is 1.99. The SMILES string of the molecule is NCCc1ccc2oc(C3CC3)nc2c1. The van der Waals surface area contributed by atoms with E-state index < -0.39 is 0 Å². The summed E-state index contributed by atoms with van der Waals surface area (Å²) >= 11 is 0. The van der Waals surface area contributed by atoms with Crippen LogP contribution in [-0.2, 0) is 6.42 Å². The maximum Gasteiger partial charge on any atom is 0.198 e. The molecule has 0 bridgehead atoms. The summed E-state index contributed by atoms with van der Waals surface area (Å²) in [4.78, 5) is 4.51. The van der Waals surface area contributed by atoms with Crippen LogP contribution in [0.5, 0.6) is 0 Å². The van der Waals surface area contributed by atoms with Gasteiger partial charge in [-0.15, -0.1) is 0 Å². The standard InChI is InChI=1S/C12H14N2O/c13-6-5-8-1-4-11-10(7-8)14-12(15-11)9-2-3-9/h1,4,7,9H,2-3,5-6,13H2. The van der Waals surface area contributed by atoms with E-state index in [2.05, 4.69) is 17.1 Å². The summed E-state index contributed by atoms with van der Waals surface area (Å²) in [6.07, 6.45) is 3.35. The Hall–Kier alpha value is -1.35. The van der Waals surface area contributed by atoms with Gasteiger partial charge in [0.2, 0.25) is 0 Å². The average molecular weight is 202 g/mol. The van der Waals surface area contributed by atoms with Crippen LogP contribution in [0.2, 0.25) is 0 Å². The number of nitrogens with zero attached hydrogens (tertiary/aromatic N) is 1. The van der Waals surface area contributed by atoms with Gasteiger partial charge in [0.1, 0.15) is 5.52 Å². The van der Waals surface area contributed by atoms with Gasteiger partial charge in [-0.25, -0.2) is 4.98 Å². The number of rotatable bonds is 3. The van der Waals surface area contributed by atoms with Crippen LogP contribution in [0.3, 0.4) is 0 Å². The number of fused-ring (bicyclic) bond motifs is 1. The molecule has 1 aliphatic rings. The summed E-state index contributed by atoms with van der Waals surface area (Å²) in [5, 5.41) is 0. The van der Waals surface area contributed by atoms with Crippen molar-refractivity contribution < 1.29 is 4.42 Å². The molecule has 1 saturated carbocycles. The lowest BCUT2D eigenvalue weighted by atomic mass is 10.1. The van der Waals surface area contributed by atoms with Crippen LogP contribution in [0.15, 0.2) is 22.6 Å². The van der Waals surface area contributed by atoms with E-state index in [1.807, 2.05) is 6.07 Å². The van der Waals surface area contributed by atoms with Gasteiger partial charge in [0.15, 0.2) is 11.5 Å². The monoisotopic (exact) mass is 202 g/mol. The second kappa shape index (κ2) is 3.35. The van der Waals surface area contributed by atoms with Crippen molar-refractivity contribution in [3.63, 3.8) is 0 Å². The van der Waals surface area contributed by atoms with Crippen LogP contribution in [-0.4, -0.2) is 11.5 Å². The molecule has 2 N–H and O–H groups in total. The summed E-state index contributed by atoms with van der Waals surface area (Å²) < 4.78 is 5.68. The maximum atomic E-state index is 5.68. The molecule has 3 rings (SSSR count). The van der Waals surface area contributed by atoms with Crippen LogP contribution in [0.4, 0.5) is 0 Å². The van der Waals surface area contributed by atoms with Gasteiger partial charge in [-0.3, -0.25) is 0 Å². The van der Waals surface area contributed by atoms with E-state index in [-0.39, 0.29) is 0 Å². The lowest BCUT2D eigenvalue weighted by molar-refractivity contribution is 0.533. The van der Waals surface area contributed by atoms with Gasteiger partial charge in [-0.1, -0.05) is 6.07 Å². The third-order valence-corrected chi connectivity index (χ3v) is 2.83. The van der Waals surface area contributed by atoms with Crippen molar-refractivity contribution in [1.29, 1.82) is 0 Å². The van der Waals surface area contributed by atoms with Crippen molar-refractivity contribution in [2.24, 2.45) is 5.73 Å². The zero-order valence-corrected chi connectivity index (χ0v) is 8.57. The number of aromatic nitrogens is 1. The molecule has 0 amide bonds. The van der Waals surface area contributed by atoms with Crippen molar-refractivity contribution in [2.75, 3.05) is 6.54 Å². The molecule has 0 radical (unpaired) electrons. The normalized spacial score (nSPS) is 16.1. The van der Waals surface area contributed by atoms with Gasteiger partial charge in [0.05, 0.1) is 0 Å². The zero-order chi connectivity index (χ0) is 10.3. The number of hydrogen-bond donors (Lipinski definition) is 1. The Morgan fingerprint density at radius 2 is 2.27 bits per heavy atom. The minimum atomic E-state index is 0.579. The van der Waals surface area contributed by atoms with Gasteiger partial charge >= 0.3 is 0 Å². The molecule has 15 heavy (non-hydrogen) atoms. The predicted octanol–water partition coefficient (Wildman–Crippen LogP) is 2.21. The Balaban J connectivity index is 2.02. The van der Waals surface area contributed by atoms with E-state index in [0.29, 0.717) is 12.5 Å². The number of oxazole rings is 1. The third-order valence-electron chi connectivity index (χ3n) is 2.83. The van der Waals surface area contributed by atoms with Crippen LogP contribution < -0.4 is 5.73 Å². The van der Waals surface area contributed by atoms with Gasteiger partial charge in [-0.05, 0) is 43.5 Å². The summed E-state index contributed by atoms with van der Waals surface area (Å²) in [6.45, 7) is 0.679. The highest BCUT2D eigenvalue weighted by molar-refractivity contribution is 5.73. The fourth-order valence-corrected chi connectivity index (χ4v) is 1.82. The minimum Gasteiger partial charge on any atom is -0.440 e. The lowest BCUT2D eigenvalue weighted by Gasteiger charge is -1.95. The van der Waals surface area contributed by atoms with E-state index in [0.717, 1.165) is 23.4 Å². The molecule has 0 saturated heterocycles. The molecule has 3 nitrogen and oxygen atoms in total. The third kappa shape index (κ3) is 1.63. The maximum absolute atomic E-state index is 5.68. The Morgan fingerprint density at radius 3 is 3.00 bits per heavy atom. The molecule has 3 heteroatoms. The van der Waals surface area contributed by atoms with Crippen molar-refractivity contribution in [2.45, 2.75) is 25.2 Å². The first kappa shape index (κ1) is 8.92. The largest absolute Gasteiger partial charge is 0.440 e. The molecule has 2 aromatic rings. The van der Waals surface area contributed by atoms with Crippen molar-refractivity contribution in [1.82, 2.24) is 4.98 Å². The highest BCUT2D eigenvalue weighted by Gasteiger charge is 2.28. The first-order valence-corrected chi connectivity index (χ1v) is 5.46. The van der Waals surface area contributed by atoms with Crippen LogP contribution >= 0.6 is 0 Å². The summed E-state index contributed by atoms with van der Waals surface area (Å²) in [5.41, 5.74) is 8.64. The molecule has 1 heterocycles. The number of benzene rings is 1. The molecular weight excluding hydrogens is 188 g/mol. The quantitative estimate of drug-likeness (QED) is 0.830. The molecule has 78 valence electrons. The van der Waals surface area contributed by atoms with Crippen LogP contribution in [0.1, 0.15) is 30.2 Å². The molecule has 0 unspecified atom stereocenters. The lowest BCUT2D eigenvalue weighted by Crippen LogP contribution is -2.02. The molecule has 0 spiro atoms. The highest BCUT2D eigenvalue weighted by Crippen LogP contribution is 2.40. The van der Waals surface area contributed by atoms with Crippen molar-refractivity contribution in [3.05, 3.63) is 29.7 Å². The average Bonchev–Trinajstić information content (AvgIpc) is 2.99. The van der Waals surface area contributed by atoms with Crippen molar-refractivity contribution in [3.8, 4) is 0 Å². The fourth-order valence-electron chi connectivity index (χ4n) is 1.82. The van der Waals surface area contributed by atoms with Gasteiger partial charge < -0.3 is 10.2 Å². The second-order valence-electron chi connectivity index (χ2n) is 4.17. The van der Waals surface area contributed by atoms with Crippen LogP contribution in [0, 0.1) is 0 Å². The van der Waals surface area contributed by atoms with E-state index in [1.165, 1.54) is 18.4 Å². The van der Waals surface area contributed by atoms with E-state index >= 15 is 0 Å². The smallest absolute Gasteiger partial charge is 0.198 e. The summed E-state index contributed by atoms with van der Waals surface area (Å²) in [7, 11) is 0.